The van der Waals surface area contributed by atoms with Crippen LogP contribution in [0.4, 0.5) is 0 Å². The molecule has 0 radical (unpaired) electrons. The van der Waals surface area contributed by atoms with Crippen LogP contribution in [0.2, 0.25) is 0 Å². The van der Waals surface area contributed by atoms with Crippen LogP contribution in [0, 0.1) is 13.8 Å². The van der Waals surface area contributed by atoms with Gasteiger partial charge >= 0.3 is 0 Å². The second kappa shape index (κ2) is 4.39. The Balaban J connectivity index is 2.31. The first-order valence-electron chi connectivity index (χ1n) is 6.31. The molecular formula is C17H15NO. The van der Waals surface area contributed by atoms with Crippen LogP contribution in [0.25, 0.3) is 22.0 Å². The molecule has 3 aromatic rings. The number of para-hydroxylation sites is 1. The highest BCUT2D eigenvalue weighted by Crippen LogP contribution is 2.32. The third-order valence-corrected chi connectivity index (χ3v) is 3.45. The van der Waals surface area contributed by atoms with Gasteiger partial charge in [-0.1, -0.05) is 18.2 Å². The van der Waals surface area contributed by atoms with Gasteiger partial charge in [0.05, 0.1) is 5.52 Å². The Hall–Kier alpha value is -2.35. The topological polar surface area (TPSA) is 33.1 Å². The van der Waals surface area contributed by atoms with E-state index in [9.17, 15) is 5.11 Å². The van der Waals surface area contributed by atoms with E-state index < -0.39 is 0 Å². The fraction of sp³-hybridized carbons (Fsp3) is 0.118. The fourth-order valence-electron chi connectivity index (χ4n) is 2.46. The summed E-state index contributed by atoms with van der Waals surface area (Å²) in [6.45, 7) is 3.85. The number of hydrogen-bond donors (Lipinski definition) is 1. The van der Waals surface area contributed by atoms with Gasteiger partial charge in [0.15, 0.2) is 0 Å². The molecule has 0 saturated carbocycles. The maximum Gasteiger partial charge on any atom is 0.121 e. The SMILES string of the molecule is Cc1cc(-c2ccnc3ccccc23)cc(C)c1O. The number of hydrogen-bond acceptors (Lipinski definition) is 2. The highest BCUT2D eigenvalue weighted by Gasteiger charge is 2.08. The van der Waals surface area contributed by atoms with Crippen molar-refractivity contribution in [3.8, 4) is 16.9 Å². The number of rotatable bonds is 1. The van der Waals surface area contributed by atoms with Crippen molar-refractivity contribution in [1.29, 1.82) is 0 Å². The summed E-state index contributed by atoms with van der Waals surface area (Å²) in [4.78, 5) is 4.38. The van der Waals surface area contributed by atoms with E-state index in [0.29, 0.717) is 5.75 Å². The van der Waals surface area contributed by atoms with Crippen molar-refractivity contribution in [2.45, 2.75) is 13.8 Å². The van der Waals surface area contributed by atoms with E-state index in [4.69, 9.17) is 0 Å². The van der Waals surface area contributed by atoms with Gasteiger partial charge in [-0.15, -0.1) is 0 Å². The molecule has 1 N–H and O–H groups in total. The summed E-state index contributed by atoms with van der Waals surface area (Å²) >= 11 is 0. The lowest BCUT2D eigenvalue weighted by atomic mass is 9.97. The summed E-state index contributed by atoms with van der Waals surface area (Å²) < 4.78 is 0. The molecule has 0 amide bonds. The lowest BCUT2D eigenvalue weighted by molar-refractivity contribution is 0.467. The van der Waals surface area contributed by atoms with Crippen molar-refractivity contribution < 1.29 is 5.11 Å². The van der Waals surface area contributed by atoms with Crippen molar-refractivity contribution >= 4 is 10.9 Å². The molecule has 2 nitrogen and oxygen atoms in total. The van der Waals surface area contributed by atoms with Crippen LogP contribution in [0.3, 0.4) is 0 Å². The van der Waals surface area contributed by atoms with Crippen LogP contribution in [-0.2, 0) is 0 Å². The van der Waals surface area contributed by atoms with Gasteiger partial charge in [-0.2, -0.15) is 0 Å². The molecule has 0 spiro atoms. The molecule has 2 aromatic carbocycles. The maximum absolute atomic E-state index is 9.88. The average molecular weight is 249 g/mol. The molecule has 0 atom stereocenters. The third kappa shape index (κ3) is 1.95. The number of phenols is 1. The summed E-state index contributed by atoms with van der Waals surface area (Å²) in [6.07, 6.45) is 1.83. The highest BCUT2D eigenvalue weighted by molar-refractivity contribution is 5.94. The summed E-state index contributed by atoms with van der Waals surface area (Å²) in [5, 5.41) is 11.0. The van der Waals surface area contributed by atoms with E-state index in [-0.39, 0.29) is 0 Å². The van der Waals surface area contributed by atoms with Gasteiger partial charge in [0, 0.05) is 11.6 Å². The van der Waals surface area contributed by atoms with E-state index in [2.05, 4.69) is 11.1 Å². The minimum atomic E-state index is 0.377. The molecule has 0 fully saturated rings. The molecule has 3 rings (SSSR count). The average Bonchev–Trinajstić information content (AvgIpc) is 2.43. The van der Waals surface area contributed by atoms with Crippen molar-refractivity contribution in [3.05, 3.63) is 59.8 Å². The smallest absolute Gasteiger partial charge is 0.121 e. The number of aromatic nitrogens is 1. The monoisotopic (exact) mass is 249 g/mol. The quantitative estimate of drug-likeness (QED) is 0.700. The number of nitrogens with zero attached hydrogens (tertiary/aromatic N) is 1. The first kappa shape index (κ1) is 11.7. The Morgan fingerprint density at radius 1 is 0.947 bits per heavy atom. The van der Waals surface area contributed by atoms with E-state index in [1.165, 1.54) is 0 Å². The Bertz CT molecular complexity index is 734. The van der Waals surface area contributed by atoms with E-state index >= 15 is 0 Å². The van der Waals surface area contributed by atoms with Crippen LogP contribution in [0.1, 0.15) is 11.1 Å². The second-order valence-corrected chi connectivity index (χ2v) is 4.83. The largest absolute Gasteiger partial charge is 0.507 e. The molecule has 0 aliphatic carbocycles. The number of benzene rings is 2. The first-order chi connectivity index (χ1) is 9.16. The van der Waals surface area contributed by atoms with Gasteiger partial charge in [-0.3, -0.25) is 4.98 Å². The van der Waals surface area contributed by atoms with E-state index in [0.717, 1.165) is 33.2 Å². The predicted molar refractivity (Wildman–Crippen MR) is 78.3 cm³/mol. The van der Waals surface area contributed by atoms with Gasteiger partial charge in [-0.25, -0.2) is 0 Å². The lowest BCUT2D eigenvalue weighted by Crippen LogP contribution is -1.87. The summed E-state index contributed by atoms with van der Waals surface area (Å²) in [7, 11) is 0. The Morgan fingerprint density at radius 3 is 2.37 bits per heavy atom. The van der Waals surface area contributed by atoms with Crippen LogP contribution in [-0.4, -0.2) is 10.1 Å². The molecule has 0 aliphatic heterocycles. The third-order valence-electron chi connectivity index (χ3n) is 3.45. The molecule has 0 unspecified atom stereocenters. The van der Waals surface area contributed by atoms with Gasteiger partial charge in [0.2, 0.25) is 0 Å². The van der Waals surface area contributed by atoms with Crippen molar-refractivity contribution in [1.82, 2.24) is 4.98 Å². The maximum atomic E-state index is 9.88. The van der Waals surface area contributed by atoms with Crippen LogP contribution >= 0.6 is 0 Å². The number of aromatic hydroxyl groups is 1. The fourth-order valence-corrected chi connectivity index (χ4v) is 2.46. The Morgan fingerprint density at radius 2 is 1.63 bits per heavy atom. The van der Waals surface area contributed by atoms with Gasteiger partial charge in [0.25, 0.3) is 0 Å². The standard InChI is InChI=1S/C17H15NO/c1-11-9-13(10-12(2)17(11)19)14-7-8-18-16-6-4-3-5-15(14)16/h3-10,19H,1-2H3. The molecule has 0 bridgehead atoms. The Kier molecular flexibility index (Phi) is 2.71. The molecular weight excluding hydrogens is 234 g/mol. The van der Waals surface area contributed by atoms with E-state index in [1.54, 1.807) is 0 Å². The van der Waals surface area contributed by atoms with Crippen molar-refractivity contribution in [2.75, 3.05) is 0 Å². The van der Waals surface area contributed by atoms with Gasteiger partial charge in [-0.05, 0) is 60.4 Å². The number of phenolic OH excluding ortho intramolecular Hbond substituents is 1. The van der Waals surface area contributed by atoms with Crippen LogP contribution in [0.15, 0.2) is 48.7 Å². The van der Waals surface area contributed by atoms with Crippen molar-refractivity contribution in [3.63, 3.8) is 0 Å². The summed E-state index contributed by atoms with van der Waals surface area (Å²) in [5.74, 6) is 0.377. The molecule has 0 saturated heterocycles. The zero-order chi connectivity index (χ0) is 13.4. The lowest BCUT2D eigenvalue weighted by Gasteiger charge is -2.10. The molecule has 19 heavy (non-hydrogen) atoms. The van der Waals surface area contributed by atoms with Gasteiger partial charge < -0.3 is 5.11 Å². The number of fused-ring (bicyclic) bond motifs is 1. The predicted octanol–water partition coefficient (Wildman–Crippen LogP) is 4.22. The minimum Gasteiger partial charge on any atom is -0.507 e. The Labute approximate surface area is 112 Å². The zero-order valence-electron chi connectivity index (χ0n) is 11.0. The highest BCUT2D eigenvalue weighted by atomic mass is 16.3. The molecule has 1 heterocycles. The second-order valence-electron chi connectivity index (χ2n) is 4.83. The normalized spacial score (nSPS) is 10.8. The molecule has 2 heteroatoms. The zero-order valence-corrected chi connectivity index (χ0v) is 11.0. The first-order valence-corrected chi connectivity index (χ1v) is 6.31. The molecule has 0 aliphatic rings. The number of aryl methyl sites for hydroxylation is 2. The number of pyridine rings is 1. The summed E-state index contributed by atoms with van der Waals surface area (Å²) in [6, 6.07) is 14.2. The summed E-state index contributed by atoms with van der Waals surface area (Å²) in [5.41, 5.74) is 5.05. The van der Waals surface area contributed by atoms with E-state index in [1.807, 2.05) is 56.4 Å². The molecule has 1 aromatic heterocycles. The van der Waals surface area contributed by atoms with Crippen LogP contribution < -0.4 is 0 Å². The molecule has 94 valence electrons. The van der Waals surface area contributed by atoms with Gasteiger partial charge in [0.1, 0.15) is 5.75 Å². The minimum absolute atomic E-state index is 0.377. The van der Waals surface area contributed by atoms with Crippen LogP contribution in [0.5, 0.6) is 5.75 Å². The van der Waals surface area contributed by atoms with Crippen molar-refractivity contribution in [2.24, 2.45) is 0 Å².